The topological polar surface area (TPSA) is 73.9 Å². The van der Waals surface area contributed by atoms with Crippen LogP contribution in [0.1, 0.15) is 28.0 Å². The number of aromatic amines is 1. The lowest BCUT2D eigenvalue weighted by Crippen LogP contribution is -2.29. The van der Waals surface area contributed by atoms with Crippen LogP contribution in [0.5, 0.6) is 0 Å². The van der Waals surface area contributed by atoms with E-state index in [4.69, 9.17) is 0 Å². The second-order valence-corrected chi connectivity index (χ2v) is 7.49. The van der Waals surface area contributed by atoms with Gasteiger partial charge in [-0.25, -0.2) is 9.97 Å². The summed E-state index contributed by atoms with van der Waals surface area (Å²) < 4.78 is 0. The summed E-state index contributed by atoms with van der Waals surface area (Å²) in [6, 6.07) is 18.2. The van der Waals surface area contributed by atoms with Gasteiger partial charge in [0.15, 0.2) is 0 Å². The van der Waals surface area contributed by atoms with Crippen molar-refractivity contribution in [3.63, 3.8) is 0 Å². The summed E-state index contributed by atoms with van der Waals surface area (Å²) in [4.78, 5) is 27.0. The number of hydrogen-bond acceptors (Lipinski definition) is 4. The summed E-state index contributed by atoms with van der Waals surface area (Å²) in [7, 11) is 0. The highest BCUT2D eigenvalue weighted by Gasteiger charge is 2.20. The van der Waals surface area contributed by atoms with Crippen molar-refractivity contribution in [3.8, 4) is 0 Å². The molecule has 2 aromatic carbocycles. The van der Waals surface area contributed by atoms with Crippen molar-refractivity contribution < 1.29 is 4.79 Å². The van der Waals surface area contributed by atoms with Gasteiger partial charge in [0.05, 0.1) is 0 Å². The molecule has 0 aliphatic carbocycles. The molecule has 4 aromatic rings. The summed E-state index contributed by atoms with van der Waals surface area (Å²) in [5.41, 5.74) is 5.11. The molecule has 150 valence electrons. The Morgan fingerprint density at radius 2 is 1.97 bits per heavy atom. The van der Waals surface area contributed by atoms with E-state index in [-0.39, 0.29) is 5.91 Å². The van der Waals surface area contributed by atoms with E-state index in [1.165, 1.54) is 16.5 Å². The Hall–Kier alpha value is -3.67. The van der Waals surface area contributed by atoms with Crippen LogP contribution >= 0.6 is 0 Å². The number of rotatable bonds is 5. The second kappa shape index (κ2) is 7.99. The van der Waals surface area contributed by atoms with Crippen molar-refractivity contribution in [1.82, 2.24) is 20.3 Å². The van der Waals surface area contributed by atoms with Crippen LogP contribution in [0.3, 0.4) is 0 Å². The molecule has 0 bridgehead atoms. The average molecular weight is 397 g/mol. The molecule has 2 N–H and O–H groups in total. The van der Waals surface area contributed by atoms with E-state index in [0.717, 1.165) is 37.0 Å². The van der Waals surface area contributed by atoms with Crippen molar-refractivity contribution >= 4 is 28.4 Å². The highest BCUT2D eigenvalue weighted by molar-refractivity contribution is 5.92. The third-order valence-corrected chi connectivity index (χ3v) is 5.58. The summed E-state index contributed by atoms with van der Waals surface area (Å²) in [6.45, 7) is 1.40. The summed E-state index contributed by atoms with van der Waals surface area (Å²) in [5.74, 6) is 0.398. The van der Waals surface area contributed by atoms with Gasteiger partial charge in [0.1, 0.15) is 5.69 Å². The van der Waals surface area contributed by atoms with E-state index in [0.29, 0.717) is 18.2 Å². The minimum absolute atomic E-state index is 0.177. The van der Waals surface area contributed by atoms with Crippen LogP contribution in [0.25, 0.3) is 10.9 Å². The zero-order valence-electron chi connectivity index (χ0n) is 16.6. The maximum absolute atomic E-state index is 12.7. The molecular formula is C24H23N5O. The van der Waals surface area contributed by atoms with Gasteiger partial charge in [-0.15, -0.1) is 0 Å². The zero-order valence-corrected chi connectivity index (χ0v) is 16.6. The van der Waals surface area contributed by atoms with E-state index in [1.807, 2.05) is 24.4 Å². The first kappa shape index (κ1) is 18.4. The van der Waals surface area contributed by atoms with Gasteiger partial charge < -0.3 is 15.2 Å². The largest absolute Gasteiger partial charge is 0.361 e. The molecule has 0 unspecified atom stereocenters. The van der Waals surface area contributed by atoms with Gasteiger partial charge >= 0.3 is 0 Å². The summed E-state index contributed by atoms with van der Waals surface area (Å²) in [5, 5.41) is 4.18. The molecule has 1 aliphatic heterocycles. The number of H-pyrrole nitrogens is 1. The van der Waals surface area contributed by atoms with Crippen molar-refractivity contribution in [2.24, 2.45) is 0 Å². The smallest absolute Gasteiger partial charge is 0.270 e. The Morgan fingerprint density at radius 3 is 2.93 bits per heavy atom. The number of aryl methyl sites for hydroxylation is 1. The number of carbonyl (C=O) groups is 1. The van der Waals surface area contributed by atoms with Gasteiger partial charge in [0, 0.05) is 42.1 Å². The Bertz CT molecular complexity index is 1200. The van der Waals surface area contributed by atoms with Gasteiger partial charge in [-0.1, -0.05) is 36.4 Å². The van der Waals surface area contributed by atoms with E-state index < -0.39 is 0 Å². The van der Waals surface area contributed by atoms with Gasteiger partial charge in [-0.3, -0.25) is 4.79 Å². The average Bonchev–Trinajstić information content (AvgIpc) is 3.22. The van der Waals surface area contributed by atoms with Crippen LogP contribution in [0.4, 0.5) is 11.6 Å². The van der Waals surface area contributed by atoms with E-state index in [1.54, 1.807) is 12.3 Å². The molecule has 6 nitrogen and oxygen atoms in total. The Balaban J connectivity index is 1.28. The first-order chi connectivity index (χ1) is 14.8. The SMILES string of the molecule is O=C(NCCc1c[nH]c2ccccc12)c1ccnc(N2CCCc3ccccc32)n1. The maximum Gasteiger partial charge on any atom is 0.270 e. The number of nitrogens with one attached hydrogen (secondary N) is 2. The molecule has 5 rings (SSSR count). The van der Waals surface area contributed by atoms with Crippen molar-refractivity contribution in [1.29, 1.82) is 0 Å². The van der Waals surface area contributed by atoms with E-state index in [2.05, 4.69) is 55.5 Å². The van der Waals surface area contributed by atoms with Crippen LogP contribution in [-0.4, -0.2) is 33.9 Å². The lowest BCUT2D eigenvalue weighted by atomic mass is 10.0. The van der Waals surface area contributed by atoms with E-state index in [9.17, 15) is 4.79 Å². The van der Waals surface area contributed by atoms with Gasteiger partial charge in [0.2, 0.25) is 5.95 Å². The number of anilines is 2. The first-order valence-electron chi connectivity index (χ1n) is 10.3. The molecule has 0 saturated heterocycles. The third kappa shape index (κ3) is 3.52. The van der Waals surface area contributed by atoms with Crippen molar-refractivity contribution in [3.05, 3.63) is 83.8 Å². The molecule has 2 aromatic heterocycles. The summed E-state index contributed by atoms with van der Waals surface area (Å²) >= 11 is 0. The predicted molar refractivity (Wildman–Crippen MR) is 118 cm³/mol. The number of aromatic nitrogens is 3. The van der Waals surface area contributed by atoms with Crippen molar-refractivity contribution in [2.75, 3.05) is 18.0 Å². The number of nitrogens with zero attached hydrogens (tertiary/aromatic N) is 3. The Kier molecular flexibility index (Phi) is 4.89. The van der Waals surface area contributed by atoms with Gasteiger partial charge in [-0.05, 0) is 48.6 Å². The highest BCUT2D eigenvalue weighted by Crippen LogP contribution is 2.31. The van der Waals surface area contributed by atoms with Crippen LogP contribution in [0.2, 0.25) is 0 Å². The van der Waals surface area contributed by atoms with Crippen LogP contribution < -0.4 is 10.2 Å². The molecule has 0 fully saturated rings. The maximum atomic E-state index is 12.7. The number of para-hydroxylation sites is 2. The first-order valence-corrected chi connectivity index (χ1v) is 10.3. The third-order valence-electron chi connectivity index (χ3n) is 5.58. The molecule has 6 heteroatoms. The Labute approximate surface area is 175 Å². The lowest BCUT2D eigenvalue weighted by Gasteiger charge is -2.29. The molecule has 0 radical (unpaired) electrons. The number of benzene rings is 2. The molecule has 1 amide bonds. The fourth-order valence-electron chi connectivity index (χ4n) is 4.09. The molecular weight excluding hydrogens is 374 g/mol. The highest BCUT2D eigenvalue weighted by atomic mass is 16.1. The number of fused-ring (bicyclic) bond motifs is 2. The number of amides is 1. The van der Waals surface area contributed by atoms with Gasteiger partial charge in [-0.2, -0.15) is 0 Å². The molecule has 30 heavy (non-hydrogen) atoms. The standard InChI is InChI=1S/C24H23N5O/c30-23(25-13-11-18-16-27-20-9-3-2-8-19(18)20)21-12-14-26-24(28-21)29-15-5-7-17-6-1-4-10-22(17)29/h1-4,6,8-10,12,14,16,27H,5,7,11,13,15H2,(H,25,30). The Morgan fingerprint density at radius 1 is 1.10 bits per heavy atom. The van der Waals surface area contributed by atoms with Crippen molar-refractivity contribution in [2.45, 2.75) is 19.3 Å². The van der Waals surface area contributed by atoms with Crippen LogP contribution in [0.15, 0.2) is 67.0 Å². The number of carbonyl (C=O) groups excluding carboxylic acids is 1. The molecule has 0 saturated carbocycles. The molecule has 3 heterocycles. The second-order valence-electron chi connectivity index (χ2n) is 7.49. The minimum Gasteiger partial charge on any atom is -0.361 e. The quantitative estimate of drug-likeness (QED) is 0.534. The zero-order chi connectivity index (χ0) is 20.3. The van der Waals surface area contributed by atoms with Crippen LogP contribution in [-0.2, 0) is 12.8 Å². The lowest BCUT2D eigenvalue weighted by molar-refractivity contribution is 0.0949. The summed E-state index contributed by atoms with van der Waals surface area (Å²) in [6.07, 6.45) is 6.52. The fourth-order valence-corrected chi connectivity index (χ4v) is 4.09. The molecule has 0 atom stereocenters. The minimum atomic E-state index is -0.177. The van der Waals surface area contributed by atoms with E-state index >= 15 is 0 Å². The van der Waals surface area contributed by atoms with Crippen LogP contribution in [0, 0.1) is 0 Å². The molecule has 0 spiro atoms. The fraction of sp³-hybridized carbons (Fsp3) is 0.208. The molecule has 1 aliphatic rings. The normalized spacial score (nSPS) is 13.3. The van der Waals surface area contributed by atoms with Gasteiger partial charge in [0.25, 0.3) is 5.91 Å². The monoisotopic (exact) mass is 397 g/mol. The number of hydrogen-bond donors (Lipinski definition) is 2. The predicted octanol–water partition coefficient (Wildman–Crippen LogP) is 4.01.